The number of anilines is 1. The van der Waals surface area contributed by atoms with Crippen molar-refractivity contribution in [1.82, 2.24) is 10.6 Å². The molecule has 0 bridgehead atoms. The molecule has 2 N–H and O–H groups in total. The van der Waals surface area contributed by atoms with Gasteiger partial charge in [-0.05, 0) is 42.2 Å². The second-order valence-corrected chi connectivity index (χ2v) is 6.62. The van der Waals surface area contributed by atoms with Crippen molar-refractivity contribution in [1.29, 1.82) is 0 Å². The van der Waals surface area contributed by atoms with Crippen molar-refractivity contribution in [2.45, 2.75) is 19.4 Å². The molecule has 3 rings (SSSR count). The largest absolute Gasteiger partial charge is 0.352 e. The number of guanidine groups is 1. The number of aliphatic imine (C=N–C) groups is 1. The molecular weight excluding hydrogens is 475 g/mol. The molecule has 0 aromatic heterocycles. The van der Waals surface area contributed by atoms with Gasteiger partial charge in [0, 0.05) is 30.8 Å². The van der Waals surface area contributed by atoms with Gasteiger partial charge in [0.2, 0.25) is 5.91 Å². The zero-order valence-corrected chi connectivity index (χ0v) is 18.3. The van der Waals surface area contributed by atoms with Gasteiger partial charge in [0.1, 0.15) is 0 Å². The third-order valence-corrected chi connectivity index (χ3v) is 4.63. The first-order valence-corrected chi connectivity index (χ1v) is 9.12. The fourth-order valence-corrected chi connectivity index (χ4v) is 3.31. The minimum atomic E-state index is 0. The van der Waals surface area contributed by atoms with Crippen LogP contribution in [0.2, 0.25) is 5.02 Å². The molecule has 0 saturated heterocycles. The van der Waals surface area contributed by atoms with Crippen LogP contribution in [0, 0.1) is 0 Å². The molecule has 0 unspecified atom stereocenters. The van der Waals surface area contributed by atoms with Crippen LogP contribution in [0.1, 0.15) is 17.5 Å². The highest BCUT2D eigenvalue weighted by atomic mass is 127. The number of amides is 1. The van der Waals surface area contributed by atoms with Crippen LogP contribution < -0.4 is 15.5 Å². The SMILES string of the molecule is CN=C(NCC(=O)N1CCCc2ccccc21)NCc1cccc(Cl)c1.I. The highest BCUT2D eigenvalue weighted by Crippen LogP contribution is 2.26. The van der Waals surface area contributed by atoms with Gasteiger partial charge >= 0.3 is 0 Å². The number of carbonyl (C=O) groups is 1. The summed E-state index contributed by atoms with van der Waals surface area (Å²) in [5.41, 5.74) is 3.31. The van der Waals surface area contributed by atoms with Crippen molar-refractivity contribution in [3.63, 3.8) is 0 Å². The summed E-state index contributed by atoms with van der Waals surface area (Å²) in [5.74, 6) is 0.631. The van der Waals surface area contributed by atoms with Gasteiger partial charge in [-0.3, -0.25) is 9.79 Å². The van der Waals surface area contributed by atoms with E-state index in [1.807, 2.05) is 47.4 Å². The number of benzene rings is 2. The molecule has 27 heavy (non-hydrogen) atoms. The van der Waals surface area contributed by atoms with Crippen LogP contribution in [0.4, 0.5) is 5.69 Å². The Morgan fingerprint density at radius 2 is 2.00 bits per heavy atom. The number of carbonyl (C=O) groups excluding carboxylic acids is 1. The Balaban J connectivity index is 0.00000261. The van der Waals surface area contributed by atoms with Crippen LogP contribution >= 0.6 is 35.6 Å². The van der Waals surface area contributed by atoms with Crippen molar-refractivity contribution in [3.8, 4) is 0 Å². The van der Waals surface area contributed by atoms with Gasteiger partial charge < -0.3 is 15.5 Å². The zero-order chi connectivity index (χ0) is 18.4. The van der Waals surface area contributed by atoms with Crippen molar-refractivity contribution >= 4 is 53.1 Å². The van der Waals surface area contributed by atoms with Gasteiger partial charge in [-0.1, -0.05) is 41.9 Å². The monoisotopic (exact) mass is 498 g/mol. The lowest BCUT2D eigenvalue weighted by molar-refractivity contribution is -0.117. The Hall–Kier alpha value is -1.80. The van der Waals surface area contributed by atoms with E-state index in [1.165, 1.54) is 5.56 Å². The fraction of sp³-hybridized carbons (Fsp3) is 0.300. The van der Waals surface area contributed by atoms with Crippen molar-refractivity contribution < 1.29 is 4.79 Å². The van der Waals surface area contributed by atoms with Crippen molar-refractivity contribution in [2.75, 3.05) is 25.0 Å². The van der Waals surface area contributed by atoms with E-state index in [-0.39, 0.29) is 36.4 Å². The minimum Gasteiger partial charge on any atom is -0.352 e. The fourth-order valence-electron chi connectivity index (χ4n) is 3.10. The maximum Gasteiger partial charge on any atom is 0.246 e. The van der Waals surface area contributed by atoms with Crippen LogP contribution in [-0.2, 0) is 17.8 Å². The number of hydrogen-bond donors (Lipinski definition) is 2. The molecule has 1 aliphatic rings. The van der Waals surface area contributed by atoms with E-state index >= 15 is 0 Å². The summed E-state index contributed by atoms with van der Waals surface area (Å²) in [6.45, 7) is 1.54. The highest BCUT2D eigenvalue weighted by molar-refractivity contribution is 14.0. The lowest BCUT2D eigenvalue weighted by atomic mass is 10.0. The number of nitrogens with one attached hydrogen (secondary N) is 2. The summed E-state index contributed by atoms with van der Waals surface area (Å²) in [6.07, 6.45) is 2.01. The number of aryl methyl sites for hydroxylation is 1. The summed E-state index contributed by atoms with van der Waals surface area (Å²) in [5, 5.41) is 7.00. The summed E-state index contributed by atoms with van der Waals surface area (Å²) < 4.78 is 0. The summed E-state index contributed by atoms with van der Waals surface area (Å²) >= 11 is 6.00. The molecule has 7 heteroatoms. The number of rotatable bonds is 4. The van der Waals surface area contributed by atoms with Crippen LogP contribution in [0.15, 0.2) is 53.5 Å². The average molecular weight is 499 g/mol. The van der Waals surface area contributed by atoms with Gasteiger partial charge in [0.15, 0.2) is 5.96 Å². The maximum atomic E-state index is 12.7. The van der Waals surface area contributed by atoms with Gasteiger partial charge in [0.25, 0.3) is 0 Å². The predicted octanol–water partition coefficient (Wildman–Crippen LogP) is 3.60. The summed E-state index contributed by atoms with van der Waals surface area (Å²) in [4.78, 5) is 18.7. The molecule has 1 heterocycles. The predicted molar refractivity (Wildman–Crippen MR) is 122 cm³/mol. The lowest BCUT2D eigenvalue weighted by Gasteiger charge is -2.29. The van der Waals surface area contributed by atoms with E-state index in [0.717, 1.165) is 30.6 Å². The molecule has 0 radical (unpaired) electrons. The molecule has 0 atom stereocenters. The number of nitrogens with zero attached hydrogens (tertiary/aromatic N) is 2. The van der Waals surface area contributed by atoms with Crippen molar-refractivity contribution in [2.24, 2.45) is 4.99 Å². The standard InChI is InChI=1S/C20H23ClN4O.HI/c1-22-20(23-13-15-6-4-9-17(21)12-15)24-14-19(26)25-11-5-8-16-7-2-3-10-18(16)25;/h2-4,6-7,9-10,12H,5,8,11,13-14H2,1H3,(H2,22,23,24);1H. The Bertz CT molecular complexity index is 812. The molecule has 2 aromatic carbocycles. The smallest absolute Gasteiger partial charge is 0.246 e. The normalized spacial score (nSPS) is 13.4. The van der Waals surface area contributed by atoms with Crippen LogP contribution in [0.3, 0.4) is 0 Å². The van der Waals surface area contributed by atoms with Crippen LogP contribution in [-0.4, -0.2) is 32.0 Å². The second-order valence-electron chi connectivity index (χ2n) is 6.19. The molecule has 0 spiro atoms. The van der Waals surface area contributed by atoms with Gasteiger partial charge in [-0.25, -0.2) is 0 Å². The van der Waals surface area contributed by atoms with E-state index in [9.17, 15) is 4.79 Å². The summed E-state index contributed by atoms with van der Waals surface area (Å²) in [7, 11) is 1.69. The molecule has 0 saturated carbocycles. The van der Waals surface area contributed by atoms with E-state index in [1.54, 1.807) is 7.05 Å². The first kappa shape index (κ1) is 21.5. The Morgan fingerprint density at radius 1 is 1.19 bits per heavy atom. The molecule has 1 aliphatic heterocycles. The van der Waals surface area contributed by atoms with E-state index < -0.39 is 0 Å². The molecule has 1 amide bonds. The first-order valence-electron chi connectivity index (χ1n) is 8.74. The molecule has 0 fully saturated rings. The molecular formula is C20H24ClIN4O. The number of para-hydroxylation sites is 1. The average Bonchev–Trinajstić information content (AvgIpc) is 2.67. The lowest BCUT2D eigenvalue weighted by Crippen LogP contribution is -2.45. The van der Waals surface area contributed by atoms with E-state index in [4.69, 9.17) is 11.6 Å². The van der Waals surface area contributed by atoms with E-state index in [2.05, 4.69) is 21.7 Å². The van der Waals surface area contributed by atoms with Crippen LogP contribution in [0.5, 0.6) is 0 Å². The second kappa shape index (κ2) is 10.5. The quantitative estimate of drug-likeness (QED) is 0.385. The van der Waals surface area contributed by atoms with Gasteiger partial charge in [0.05, 0.1) is 6.54 Å². The Labute approximate surface area is 182 Å². The zero-order valence-electron chi connectivity index (χ0n) is 15.2. The molecule has 2 aromatic rings. The molecule has 144 valence electrons. The van der Waals surface area contributed by atoms with Crippen LogP contribution in [0.25, 0.3) is 0 Å². The topological polar surface area (TPSA) is 56.7 Å². The minimum absolute atomic E-state index is 0. The number of fused-ring (bicyclic) bond motifs is 1. The van der Waals surface area contributed by atoms with Gasteiger partial charge in [-0.2, -0.15) is 0 Å². The maximum absolute atomic E-state index is 12.7. The Morgan fingerprint density at radius 3 is 2.78 bits per heavy atom. The first-order chi connectivity index (χ1) is 12.7. The third-order valence-electron chi connectivity index (χ3n) is 4.39. The van der Waals surface area contributed by atoms with E-state index in [0.29, 0.717) is 17.5 Å². The van der Waals surface area contributed by atoms with Crippen molar-refractivity contribution in [3.05, 3.63) is 64.7 Å². The third kappa shape index (κ3) is 5.84. The number of halogens is 2. The summed E-state index contributed by atoms with van der Waals surface area (Å²) in [6, 6.07) is 15.7. The Kier molecular flexibility index (Phi) is 8.37. The molecule has 0 aliphatic carbocycles. The number of hydrogen-bond acceptors (Lipinski definition) is 2. The van der Waals surface area contributed by atoms with Gasteiger partial charge in [-0.15, -0.1) is 24.0 Å². The molecule has 5 nitrogen and oxygen atoms in total. The highest BCUT2D eigenvalue weighted by Gasteiger charge is 2.21.